The van der Waals surface area contributed by atoms with E-state index in [0.29, 0.717) is 17.7 Å². The van der Waals surface area contributed by atoms with Crippen molar-refractivity contribution in [3.05, 3.63) is 29.8 Å². The summed E-state index contributed by atoms with van der Waals surface area (Å²) in [4.78, 5) is 23.2. The smallest absolute Gasteiger partial charge is 0.337 e. The molecule has 1 amide bonds. The van der Waals surface area contributed by atoms with Crippen LogP contribution >= 0.6 is 0 Å². The van der Waals surface area contributed by atoms with Crippen molar-refractivity contribution in [2.75, 3.05) is 31.8 Å². The van der Waals surface area contributed by atoms with Gasteiger partial charge in [-0.05, 0) is 30.7 Å². The van der Waals surface area contributed by atoms with Crippen molar-refractivity contribution in [3.63, 3.8) is 0 Å². The summed E-state index contributed by atoms with van der Waals surface area (Å²) < 4.78 is 28.8. The lowest BCUT2D eigenvalue weighted by atomic mass is 10.2. The molecule has 0 aromatic heterocycles. The molecule has 0 unspecified atom stereocenters. The summed E-state index contributed by atoms with van der Waals surface area (Å²) in [5.41, 5.74) is 0.840. The molecule has 0 bridgehead atoms. The van der Waals surface area contributed by atoms with Gasteiger partial charge in [0.15, 0.2) is 0 Å². The Labute approximate surface area is 130 Å². The van der Waals surface area contributed by atoms with E-state index in [4.69, 9.17) is 0 Å². The van der Waals surface area contributed by atoms with E-state index < -0.39 is 21.9 Å². The molecule has 0 aliphatic heterocycles. The van der Waals surface area contributed by atoms with Crippen LogP contribution in [0.5, 0.6) is 0 Å². The van der Waals surface area contributed by atoms with E-state index in [-0.39, 0.29) is 13.1 Å². The molecule has 0 saturated carbocycles. The number of carbonyl (C=O) groups excluding carboxylic acids is 2. The minimum atomic E-state index is -3.42. The standard InChI is InChI=1S/C14H20N2O5S/c1-4-9-16(22(3,19)20)10-13(17)15-12-7-5-11(6-8-12)14(18)21-2/h5-8H,4,9-10H2,1-3H3,(H,15,17). The maximum absolute atomic E-state index is 11.9. The highest BCUT2D eigenvalue weighted by molar-refractivity contribution is 7.88. The SMILES string of the molecule is CCCN(CC(=O)Nc1ccc(C(=O)OC)cc1)S(C)(=O)=O. The molecule has 0 atom stereocenters. The third-order valence-corrected chi connectivity index (χ3v) is 4.10. The molecule has 0 saturated heterocycles. The molecule has 0 fully saturated rings. The lowest BCUT2D eigenvalue weighted by molar-refractivity contribution is -0.116. The lowest BCUT2D eigenvalue weighted by Gasteiger charge is -2.18. The lowest BCUT2D eigenvalue weighted by Crippen LogP contribution is -2.37. The molecule has 0 aliphatic rings. The molecular weight excluding hydrogens is 308 g/mol. The summed E-state index contributed by atoms with van der Waals surface area (Å²) in [5, 5.41) is 2.59. The number of nitrogens with zero attached hydrogens (tertiary/aromatic N) is 1. The van der Waals surface area contributed by atoms with Crippen molar-refractivity contribution in [1.29, 1.82) is 0 Å². The first-order valence-electron chi connectivity index (χ1n) is 6.71. The quantitative estimate of drug-likeness (QED) is 0.756. The fourth-order valence-electron chi connectivity index (χ4n) is 1.78. The minimum Gasteiger partial charge on any atom is -0.465 e. The Hall–Kier alpha value is -1.93. The number of methoxy groups -OCH3 is 1. The van der Waals surface area contributed by atoms with Gasteiger partial charge in [-0.15, -0.1) is 0 Å². The van der Waals surface area contributed by atoms with Crippen LogP contribution in [-0.4, -0.2) is 51.1 Å². The highest BCUT2D eigenvalue weighted by atomic mass is 32.2. The van der Waals surface area contributed by atoms with Crippen LogP contribution in [-0.2, 0) is 19.6 Å². The fourth-order valence-corrected chi connectivity index (χ4v) is 2.65. The number of sulfonamides is 1. The topological polar surface area (TPSA) is 92.8 Å². The van der Waals surface area contributed by atoms with Crippen LogP contribution in [0.3, 0.4) is 0 Å². The van der Waals surface area contributed by atoms with Gasteiger partial charge < -0.3 is 10.1 Å². The van der Waals surface area contributed by atoms with E-state index in [1.807, 2.05) is 6.92 Å². The third kappa shape index (κ3) is 5.45. The fraction of sp³-hybridized carbons (Fsp3) is 0.429. The summed E-state index contributed by atoms with van der Waals surface area (Å²) >= 11 is 0. The molecule has 1 aromatic carbocycles. The van der Waals surface area contributed by atoms with E-state index in [0.717, 1.165) is 10.6 Å². The summed E-state index contributed by atoms with van der Waals surface area (Å²) in [6.07, 6.45) is 1.69. The van der Waals surface area contributed by atoms with Crippen LogP contribution in [0.4, 0.5) is 5.69 Å². The Morgan fingerprint density at radius 3 is 2.27 bits per heavy atom. The van der Waals surface area contributed by atoms with Gasteiger partial charge in [-0.3, -0.25) is 4.79 Å². The van der Waals surface area contributed by atoms with Gasteiger partial charge in [0.25, 0.3) is 0 Å². The molecule has 1 aromatic rings. The van der Waals surface area contributed by atoms with E-state index in [1.54, 1.807) is 12.1 Å². The first-order valence-corrected chi connectivity index (χ1v) is 8.56. The molecule has 122 valence electrons. The molecule has 7 nitrogen and oxygen atoms in total. The van der Waals surface area contributed by atoms with Crippen LogP contribution in [0.25, 0.3) is 0 Å². The second kappa shape index (κ2) is 7.90. The predicted octanol–water partition coefficient (Wildman–Crippen LogP) is 1.08. The Balaban J connectivity index is 2.70. The molecule has 1 rings (SSSR count). The van der Waals surface area contributed by atoms with Crippen molar-refractivity contribution in [2.24, 2.45) is 0 Å². The molecule has 1 N–H and O–H groups in total. The average molecular weight is 328 g/mol. The monoisotopic (exact) mass is 328 g/mol. The average Bonchev–Trinajstić information content (AvgIpc) is 2.45. The van der Waals surface area contributed by atoms with Gasteiger partial charge in [0.1, 0.15) is 0 Å². The summed E-state index contributed by atoms with van der Waals surface area (Å²) in [5.74, 6) is -0.909. The van der Waals surface area contributed by atoms with Gasteiger partial charge in [0.05, 0.1) is 25.5 Å². The zero-order chi connectivity index (χ0) is 16.8. The Bertz CT molecular complexity index is 625. The first kappa shape index (κ1) is 18.1. The minimum absolute atomic E-state index is 0.245. The van der Waals surface area contributed by atoms with Crippen LogP contribution in [0, 0.1) is 0 Å². The second-order valence-corrected chi connectivity index (χ2v) is 6.70. The third-order valence-electron chi connectivity index (χ3n) is 2.85. The van der Waals surface area contributed by atoms with E-state index in [1.165, 1.54) is 19.2 Å². The maximum atomic E-state index is 11.9. The van der Waals surface area contributed by atoms with Crippen molar-refractivity contribution in [3.8, 4) is 0 Å². The molecule has 8 heteroatoms. The normalized spacial score (nSPS) is 11.3. The van der Waals surface area contributed by atoms with Crippen LogP contribution in [0.2, 0.25) is 0 Å². The van der Waals surface area contributed by atoms with E-state index in [9.17, 15) is 18.0 Å². The molecule has 0 aliphatic carbocycles. The Kier molecular flexibility index (Phi) is 6.51. The van der Waals surface area contributed by atoms with Gasteiger partial charge >= 0.3 is 5.97 Å². The van der Waals surface area contributed by atoms with Crippen molar-refractivity contribution in [1.82, 2.24) is 4.31 Å². The number of hydrogen-bond donors (Lipinski definition) is 1. The van der Waals surface area contributed by atoms with Crippen LogP contribution in [0.15, 0.2) is 24.3 Å². The molecule has 0 heterocycles. The van der Waals surface area contributed by atoms with E-state index >= 15 is 0 Å². The highest BCUT2D eigenvalue weighted by Crippen LogP contribution is 2.11. The van der Waals surface area contributed by atoms with E-state index in [2.05, 4.69) is 10.1 Å². The van der Waals surface area contributed by atoms with Crippen molar-refractivity contribution >= 4 is 27.6 Å². The summed E-state index contributed by atoms with van der Waals surface area (Å²) in [6, 6.07) is 6.13. The number of nitrogens with one attached hydrogen (secondary N) is 1. The number of carbonyl (C=O) groups is 2. The van der Waals surface area contributed by atoms with Gasteiger partial charge in [-0.2, -0.15) is 4.31 Å². The Morgan fingerprint density at radius 2 is 1.82 bits per heavy atom. The molecule has 0 spiro atoms. The van der Waals surface area contributed by atoms with Crippen LogP contribution < -0.4 is 5.32 Å². The zero-order valence-corrected chi connectivity index (χ0v) is 13.6. The number of anilines is 1. The van der Waals surface area contributed by atoms with Gasteiger partial charge in [0, 0.05) is 12.2 Å². The highest BCUT2D eigenvalue weighted by Gasteiger charge is 2.19. The largest absolute Gasteiger partial charge is 0.465 e. The van der Waals surface area contributed by atoms with Gasteiger partial charge in [0.2, 0.25) is 15.9 Å². The van der Waals surface area contributed by atoms with Crippen LogP contribution in [0.1, 0.15) is 23.7 Å². The van der Waals surface area contributed by atoms with Crippen molar-refractivity contribution in [2.45, 2.75) is 13.3 Å². The maximum Gasteiger partial charge on any atom is 0.337 e. The zero-order valence-electron chi connectivity index (χ0n) is 12.8. The summed E-state index contributed by atoms with van der Waals surface area (Å²) in [7, 11) is -2.14. The molecule has 0 radical (unpaired) electrons. The number of amides is 1. The Morgan fingerprint density at radius 1 is 1.23 bits per heavy atom. The predicted molar refractivity (Wildman–Crippen MR) is 83.1 cm³/mol. The number of esters is 1. The summed E-state index contributed by atoms with van der Waals surface area (Å²) in [6.45, 7) is 1.88. The number of ether oxygens (including phenoxy) is 1. The molecular formula is C14H20N2O5S. The molecule has 22 heavy (non-hydrogen) atoms. The second-order valence-electron chi connectivity index (χ2n) is 4.71. The van der Waals surface area contributed by atoms with Crippen molar-refractivity contribution < 1.29 is 22.7 Å². The number of benzene rings is 1. The first-order chi connectivity index (χ1) is 10.3. The number of hydrogen-bond acceptors (Lipinski definition) is 5. The van der Waals surface area contributed by atoms with Gasteiger partial charge in [-0.25, -0.2) is 13.2 Å². The number of rotatable bonds is 7. The van der Waals surface area contributed by atoms with Gasteiger partial charge in [-0.1, -0.05) is 6.92 Å².